The molecule has 18 heavy (non-hydrogen) atoms. The number of carbonyl (C=O) groups excluding carboxylic acids is 1. The van der Waals surface area contributed by atoms with Crippen LogP contribution in [0.4, 0.5) is 5.69 Å². The third kappa shape index (κ3) is 2.85. The van der Waals surface area contributed by atoms with Gasteiger partial charge in [0.15, 0.2) is 0 Å². The Kier molecular flexibility index (Phi) is 3.57. The fraction of sp³-hybridized carbons (Fsp3) is 0.143. The first-order chi connectivity index (χ1) is 8.66. The van der Waals surface area contributed by atoms with Gasteiger partial charge in [0.05, 0.1) is 11.9 Å². The molecule has 0 bridgehead atoms. The summed E-state index contributed by atoms with van der Waals surface area (Å²) in [6, 6.07) is 9.22. The van der Waals surface area contributed by atoms with Gasteiger partial charge >= 0.3 is 0 Å². The first-order valence-corrected chi connectivity index (χ1v) is 5.70. The van der Waals surface area contributed by atoms with Crippen molar-refractivity contribution < 1.29 is 4.79 Å². The van der Waals surface area contributed by atoms with E-state index < -0.39 is 5.91 Å². The van der Waals surface area contributed by atoms with Crippen LogP contribution in [0.3, 0.4) is 0 Å². The molecule has 0 radical (unpaired) electrons. The van der Waals surface area contributed by atoms with Crippen LogP contribution in [-0.4, -0.2) is 10.9 Å². The summed E-state index contributed by atoms with van der Waals surface area (Å²) in [6.45, 7) is 2.65. The zero-order valence-corrected chi connectivity index (χ0v) is 10.2. The molecule has 92 valence electrons. The molecule has 3 N–H and O–H groups in total. The highest BCUT2D eigenvalue weighted by atomic mass is 16.1. The van der Waals surface area contributed by atoms with E-state index in [1.165, 1.54) is 0 Å². The van der Waals surface area contributed by atoms with Gasteiger partial charge in [-0.2, -0.15) is 0 Å². The lowest BCUT2D eigenvalue weighted by Crippen LogP contribution is -2.11. The predicted molar refractivity (Wildman–Crippen MR) is 71.3 cm³/mol. The van der Waals surface area contributed by atoms with Crippen molar-refractivity contribution in [2.45, 2.75) is 13.5 Å². The molecule has 2 rings (SSSR count). The topological polar surface area (TPSA) is 68.0 Å². The van der Waals surface area contributed by atoms with Gasteiger partial charge in [-0.15, -0.1) is 0 Å². The minimum atomic E-state index is -0.408. The fourth-order valence-electron chi connectivity index (χ4n) is 1.68. The second-order valence-electron chi connectivity index (χ2n) is 4.11. The Labute approximate surface area is 106 Å². The zero-order valence-electron chi connectivity index (χ0n) is 10.2. The Balaban J connectivity index is 2.09. The zero-order chi connectivity index (χ0) is 13.0. The standard InChI is InChI=1S/C14H15N3O/c1-10-5-6-16-9-13(10)17-8-11-3-2-4-12(7-11)14(15)18/h2-7,9,17H,8H2,1H3,(H2,15,18). The molecule has 0 aliphatic carbocycles. The maximum atomic E-state index is 11.1. The monoisotopic (exact) mass is 241 g/mol. The summed E-state index contributed by atoms with van der Waals surface area (Å²) >= 11 is 0. The average Bonchev–Trinajstić information content (AvgIpc) is 2.38. The molecule has 1 aromatic heterocycles. The Bertz CT molecular complexity index is 566. The normalized spacial score (nSPS) is 10.1. The lowest BCUT2D eigenvalue weighted by Gasteiger charge is -2.09. The molecule has 0 saturated heterocycles. The van der Waals surface area contributed by atoms with Gasteiger partial charge in [-0.05, 0) is 36.2 Å². The first kappa shape index (κ1) is 12.1. The van der Waals surface area contributed by atoms with Gasteiger partial charge in [0, 0.05) is 18.3 Å². The second-order valence-corrected chi connectivity index (χ2v) is 4.11. The van der Waals surface area contributed by atoms with Crippen molar-refractivity contribution in [2.24, 2.45) is 5.73 Å². The summed E-state index contributed by atoms with van der Waals surface area (Å²) in [5.41, 5.74) is 8.90. The Morgan fingerprint density at radius 3 is 2.94 bits per heavy atom. The van der Waals surface area contributed by atoms with Crippen molar-refractivity contribution in [3.8, 4) is 0 Å². The van der Waals surface area contributed by atoms with Gasteiger partial charge in [0.25, 0.3) is 0 Å². The molecule has 1 heterocycles. The molecule has 0 saturated carbocycles. The molecule has 4 heteroatoms. The highest BCUT2D eigenvalue weighted by molar-refractivity contribution is 5.92. The van der Waals surface area contributed by atoms with Gasteiger partial charge in [-0.3, -0.25) is 9.78 Å². The van der Waals surface area contributed by atoms with E-state index >= 15 is 0 Å². The number of amides is 1. The Morgan fingerprint density at radius 2 is 2.22 bits per heavy atom. The fourth-order valence-corrected chi connectivity index (χ4v) is 1.68. The number of nitrogens with one attached hydrogen (secondary N) is 1. The third-order valence-corrected chi connectivity index (χ3v) is 2.73. The van der Waals surface area contributed by atoms with Crippen LogP contribution in [0.5, 0.6) is 0 Å². The van der Waals surface area contributed by atoms with Crippen molar-refractivity contribution in [2.75, 3.05) is 5.32 Å². The first-order valence-electron chi connectivity index (χ1n) is 5.70. The van der Waals surface area contributed by atoms with E-state index in [-0.39, 0.29) is 0 Å². The molecule has 0 spiro atoms. The number of carbonyl (C=O) groups is 1. The van der Waals surface area contributed by atoms with E-state index in [1.807, 2.05) is 25.1 Å². The molecule has 0 aliphatic heterocycles. The molecule has 0 aliphatic rings. The van der Waals surface area contributed by atoms with Crippen LogP contribution in [-0.2, 0) is 6.54 Å². The lowest BCUT2D eigenvalue weighted by atomic mass is 10.1. The third-order valence-electron chi connectivity index (χ3n) is 2.73. The van der Waals surface area contributed by atoms with Crippen molar-refractivity contribution in [3.63, 3.8) is 0 Å². The molecule has 0 unspecified atom stereocenters. The predicted octanol–water partition coefficient (Wildman–Crippen LogP) is 2.10. The smallest absolute Gasteiger partial charge is 0.248 e. The number of hydrogen-bond donors (Lipinski definition) is 2. The Hall–Kier alpha value is -2.36. The van der Waals surface area contributed by atoms with Gasteiger partial charge in [0.2, 0.25) is 5.91 Å². The van der Waals surface area contributed by atoms with E-state index in [0.717, 1.165) is 16.8 Å². The van der Waals surface area contributed by atoms with Crippen LogP contribution in [0.1, 0.15) is 21.5 Å². The number of benzene rings is 1. The summed E-state index contributed by atoms with van der Waals surface area (Å²) in [5.74, 6) is -0.408. The number of primary amides is 1. The van der Waals surface area contributed by atoms with Crippen molar-refractivity contribution in [1.29, 1.82) is 0 Å². The number of nitrogens with zero attached hydrogens (tertiary/aromatic N) is 1. The minimum Gasteiger partial charge on any atom is -0.380 e. The van der Waals surface area contributed by atoms with Crippen LogP contribution in [0, 0.1) is 6.92 Å². The summed E-state index contributed by atoms with van der Waals surface area (Å²) in [4.78, 5) is 15.1. The van der Waals surface area contributed by atoms with E-state index in [1.54, 1.807) is 24.5 Å². The summed E-state index contributed by atoms with van der Waals surface area (Å²) in [6.07, 6.45) is 3.54. The molecule has 0 fully saturated rings. The Morgan fingerprint density at radius 1 is 1.39 bits per heavy atom. The van der Waals surface area contributed by atoms with Crippen molar-refractivity contribution >= 4 is 11.6 Å². The quantitative estimate of drug-likeness (QED) is 0.861. The molecular formula is C14H15N3O. The average molecular weight is 241 g/mol. The summed E-state index contributed by atoms with van der Waals surface area (Å²) < 4.78 is 0. The molecule has 4 nitrogen and oxygen atoms in total. The number of aryl methyl sites for hydroxylation is 1. The molecule has 1 aromatic carbocycles. The second kappa shape index (κ2) is 5.31. The number of anilines is 1. The van der Waals surface area contributed by atoms with Crippen LogP contribution in [0.2, 0.25) is 0 Å². The number of rotatable bonds is 4. The van der Waals surface area contributed by atoms with E-state index in [4.69, 9.17) is 5.73 Å². The van der Waals surface area contributed by atoms with Gasteiger partial charge in [-0.25, -0.2) is 0 Å². The molecular weight excluding hydrogens is 226 g/mol. The van der Waals surface area contributed by atoms with Crippen LogP contribution >= 0.6 is 0 Å². The minimum absolute atomic E-state index is 0.408. The number of nitrogens with two attached hydrogens (primary N) is 1. The van der Waals surface area contributed by atoms with Crippen LogP contribution in [0.15, 0.2) is 42.7 Å². The van der Waals surface area contributed by atoms with E-state index in [9.17, 15) is 4.79 Å². The maximum absolute atomic E-state index is 11.1. The highest BCUT2D eigenvalue weighted by Gasteiger charge is 2.02. The molecule has 2 aromatic rings. The summed E-state index contributed by atoms with van der Waals surface area (Å²) in [7, 11) is 0. The number of hydrogen-bond acceptors (Lipinski definition) is 3. The SMILES string of the molecule is Cc1ccncc1NCc1cccc(C(N)=O)c1. The van der Waals surface area contributed by atoms with E-state index in [2.05, 4.69) is 10.3 Å². The number of aromatic nitrogens is 1. The maximum Gasteiger partial charge on any atom is 0.248 e. The molecule has 0 atom stereocenters. The van der Waals surface area contributed by atoms with Crippen LogP contribution < -0.4 is 11.1 Å². The lowest BCUT2D eigenvalue weighted by molar-refractivity contribution is 0.1000. The van der Waals surface area contributed by atoms with Crippen LogP contribution in [0.25, 0.3) is 0 Å². The van der Waals surface area contributed by atoms with Gasteiger partial charge < -0.3 is 11.1 Å². The van der Waals surface area contributed by atoms with E-state index in [0.29, 0.717) is 12.1 Å². The highest BCUT2D eigenvalue weighted by Crippen LogP contribution is 2.13. The summed E-state index contributed by atoms with van der Waals surface area (Å²) in [5, 5.41) is 3.28. The number of pyridine rings is 1. The van der Waals surface area contributed by atoms with Crippen molar-refractivity contribution in [3.05, 3.63) is 59.4 Å². The van der Waals surface area contributed by atoms with Gasteiger partial charge in [-0.1, -0.05) is 12.1 Å². The van der Waals surface area contributed by atoms with Crippen molar-refractivity contribution in [1.82, 2.24) is 4.98 Å². The van der Waals surface area contributed by atoms with Gasteiger partial charge in [0.1, 0.15) is 0 Å². The largest absolute Gasteiger partial charge is 0.380 e. The molecule has 1 amide bonds.